The zero-order valence-electron chi connectivity index (χ0n) is 23.1. The highest BCUT2D eigenvalue weighted by Crippen LogP contribution is 2.79. The second-order valence-corrected chi connectivity index (χ2v) is 14.9. The number of allylic oxidation sites excluding steroid dienone is 2. The molecular weight excluding hydrogens is 488 g/mol. The molecular formula is C30H36O8. The molecule has 8 nitrogen and oxygen atoms in total. The zero-order valence-corrected chi connectivity index (χ0v) is 23.1. The Kier molecular flexibility index (Phi) is 4.03. The summed E-state index contributed by atoms with van der Waals surface area (Å²) in [4.78, 5) is 54.3. The van der Waals surface area contributed by atoms with Crippen LogP contribution in [0.3, 0.4) is 0 Å². The first kappa shape index (κ1) is 24.7. The van der Waals surface area contributed by atoms with Crippen LogP contribution < -0.4 is 0 Å². The molecule has 1 heterocycles. The van der Waals surface area contributed by atoms with E-state index in [1.807, 2.05) is 55.4 Å². The van der Waals surface area contributed by atoms with Gasteiger partial charge < -0.3 is 20.1 Å². The van der Waals surface area contributed by atoms with E-state index in [1.54, 1.807) is 0 Å². The Labute approximate surface area is 221 Å². The molecule has 0 amide bonds. The second-order valence-electron chi connectivity index (χ2n) is 14.9. The van der Waals surface area contributed by atoms with Crippen LogP contribution in [0.1, 0.15) is 55.4 Å². The highest BCUT2D eigenvalue weighted by Gasteiger charge is 2.83. The Morgan fingerprint density at radius 1 is 0.684 bits per heavy atom. The summed E-state index contributed by atoms with van der Waals surface area (Å²) in [6.07, 6.45) is -1.23. The minimum absolute atomic E-state index is 0.0506. The maximum Gasteiger partial charge on any atom is 0.235 e. The van der Waals surface area contributed by atoms with Gasteiger partial charge in [-0.25, -0.2) is 0 Å². The van der Waals surface area contributed by atoms with Crippen LogP contribution >= 0.6 is 0 Å². The molecule has 204 valence electrons. The Morgan fingerprint density at radius 2 is 1.13 bits per heavy atom. The molecule has 0 bridgehead atoms. The number of hydrogen-bond acceptors (Lipinski definition) is 8. The Hall–Kier alpha value is -2.32. The first-order valence-electron chi connectivity index (χ1n) is 13.8. The quantitative estimate of drug-likeness (QED) is 0.440. The number of aliphatic hydroxyl groups excluding tert-OH is 2. The molecule has 0 aromatic heterocycles. The minimum Gasteiger partial charge on any atom is -0.504 e. The third-order valence-corrected chi connectivity index (χ3v) is 13.1. The molecule has 38 heavy (non-hydrogen) atoms. The van der Waals surface area contributed by atoms with E-state index in [2.05, 4.69) is 0 Å². The van der Waals surface area contributed by atoms with E-state index in [-0.39, 0.29) is 28.9 Å². The molecule has 0 aromatic carbocycles. The molecule has 0 aromatic rings. The van der Waals surface area contributed by atoms with Crippen molar-refractivity contribution >= 4 is 23.1 Å². The Morgan fingerprint density at radius 3 is 1.63 bits per heavy atom. The fraction of sp³-hybridized carbons (Fsp3) is 0.733. The van der Waals surface area contributed by atoms with Gasteiger partial charge in [-0.15, -0.1) is 0 Å². The summed E-state index contributed by atoms with van der Waals surface area (Å²) in [7, 11) is 0. The molecule has 7 aliphatic rings. The molecule has 6 aliphatic carbocycles. The number of hydrogen-bond donors (Lipinski definition) is 3. The largest absolute Gasteiger partial charge is 0.504 e. The van der Waals surface area contributed by atoms with Gasteiger partial charge in [-0.2, -0.15) is 0 Å². The highest BCUT2D eigenvalue weighted by atomic mass is 16.6. The van der Waals surface area contributed by atoms with Crippen molar-refractivity contribution in [2.45, 2.75) is 67.3 Å². The van der Waals surface area contributed by atoms with Crippen LogP contribution in [-0.4, -0.2) is 50.3 Å². The minimum atomic E-state index is -2.41. The molecule has 12 atom stereocenters. The first-order chi connectivity index (χ1) is 17.3. The van der Waals surface area contributed by atoms with Gasteiger partial charge in [0.1, 0.15) is 6.10 Å². The van der Waals surface area contributed by atoms with Crippen molar-refractivity contribution in [1.82, 2.24) is 0 Å². The average Bonchev–Trinajstić information content (AvgIpc) is 3.56. The van der Waals surface area contributed by atoms with Crippen LogP contribution in [0.4, 0.5) is 0 Å². The lowest BCUT2D eigenvalue weighted by Crippen LogP contribution is -2.62. The van der Waals surface area contributed by atoms with E-state index >= 15 is 0 Å². The fourth-order valence-corrected chi connectivity index (χ4v) is 11.2. The van der Waals surface area contributed by atoms with Crippen molar-refractivity contribution < 1.29 is 39.2 Å². The molecule has 0 radical (unpaired) electrons. The van der Waals surface area contributed by atoms with E-state index in [9.17, 15) is 34.5 Å². The standard InChI is InChI=1S/C30H36O8/c1-9-11-12-10(2)29(8)16(20(34)19(33)15-24(29)27(15,5)6)25(36)30(12,37)38-22(11)21(35)13-17(31)18(32)14-23(26(14,3)4)28(9,13)7/h9-12,14-15,22-24,31,34,37H,1-8H3/t9-,10-,11+,12+,14-,15-,22-,23+,24+,28+,29+,30-/m0/s1. The summed E-state index contributed by atoms with van der Waals surface area (Å²) in [5.74, 6) is -9.07. The predicted octanol–water partition coefficient (Wildman–Crippen LogP) is 3.09. The van der Waals surface area contributed by atoms with Crippen molar-refractivity contribution in [3.63, 3.8) is 0 Å². The van der Waals surface area contributed by atoms with Gasteiger partial charge in [0.2, 0.25) is 23.1 Å². The van der Waals surface area contributed by atoms with Crippen LogP contribution in [0, 0.1) is 69.0 Å². The summed E-state index contributed by atoms with van der Waals surface area (Å²) in [6.45, 7) is 15.6. The van der Waals surface area contributed by atoms with Crippen LogP contribution in [0.15, 0.2) is 22.7 Å². The van der Waals surface area contributed by atoms with Crippen molar-refractivity contribution in [3.8, 4) is 0 Å². The smallest absolute Gasteiger partial charge is 0.235 e. The molecule has 5 fully saturated rings. The fourth-order valence-electron chi connectivity index (χ4n) is 11.2. The molecule has 0 unspecified atom stereocenters. The maximum absolute atomic E-state index is 14.1. The lowest BCUT2D eigenvalue weighted by atomic mass is 9.46. The van der Waals surface area contributed by atoms with Gasteiger partial charge in [-0.05, 0) is 34.5 Å². The SMILES string of the molecule is C[C@H]1[C@@H]2[C@H]3[C@H](C)[C@]4(C)C(=C(O)C(=O)[C@H]5[C@@H]4C5(C)C)C(=O)[C@@]3(O)O[C@@H]2C(=O)C2=C(O)C(=O)[C@H]3[C@H](C3(C)C)[C@@]21C. The maximum atomic E-state index is 14.1. The first-order valence-corrected chi connectivity index (χ1v) is 13.8. The Balaban J connectivity index is 1.43. The van der Waals surface area contributed by atoms with Crippen LogP contribution in [0.5, 0.6) is 0 Å². The number of ether oxygens (including phenoxy) is 1. The number of carbonyl (C=O) groups is 4. The number of fused-ring (bicyclic) bond motifs is 9. The average molecular weight is 525 g/mol. The van der Waals surface area contributed by atoms with Gasteiger partial charge in [0.15, 0.2) is 17.3 Å². The van der Waals surface area contributed by atoms with Gasteiger partial charge in [-0.3, -0.25) is 19.2 Å². The van der Waals surface area contributed by atoms with Gasteiger partial charge in [0, 0.05) is 40.1 Å². The lowest BCUT2D eigenvalue weighted by molar-refractivity contribution is -0.224. The van der Waals surface area contributed by atoms with Crippen LogP contribution in [-0.2, 0) is 23.9 Å². The molecule has 8 heteroatoms. The van der Waals surface area contributed by atoms with E-state index in [0.29, 0.717) is 0 Å². The number of aliphatic hydroxyl groups is 3. The highest BCUT2D eigenvalue weighted by molar-refractivity contribution is 6.15. The van der Waals surface area contributed by atoms with E-state index < -0.39 is 97.8 Å². The molecule has 3 N–H and O–H groups in total. The van der Waals surface area contributed by atoms with Crippen molar-refractivity contribution in [2.75, 3.05) is 0 Å². The number of rotatable bonds is 0. The van der Waals surface area contributed by atoms with Gasteiger partial charge in [0.25, 0.3) is 0 Å². The van der Waals surface area contributed by atoms with Crippen molar-refractivity contribution in [1.29, 1.82) is 0 Å². The Bertz CT molecular complexity index is 1380. The molecule has 7 rings (SSSR count). The number of carbonyl (C=O) groups excluding carboxylic acids is 4. The van der Waals surface area contributed by atoms with Gasteiger partial charge in [0.05, 0.1) is 5.57 Å². The second kappa shape index (κ2) is 6.20. The monoisotopic (exact) mass is 524 g/mol. The normalized spacial score (nSPS) is 55.0. The number of ketones is 4. The zero-order chi connectivity index (χ0) is 28.0. The molecule has 1 saturated heterocycles. The van der Waals surface area contributed by atoms with Gasteiger partial charge in [-0.1, -0.05) is 55.4 Å². The predicted molar refractivity (Wildman–Crippen MR) is 132 cm³/mol. The molecule has 0 spiro atoms. The van der Waals surface area contributed by atoms with Gasteiger partial charge >= 0.3 is 0 Å². The summed E-state index contributed by atoms with van der Waals surface area (Å²) in [5.41, 5.74) is -2.62. The topological polar surface area (TPSA) is 138 Å². The lowest BCUT2D eigenvalue weighted by Gasteiger charge is -2.55. The van der Waals surface area contributed by atoms with E-state index in [1.165, 1.54) is 0 Å². The number of Topliss-reactive ketones (excluding diaryl/α,β-unsaturated/α-hetero) is 4. The molecule has 1 aliphatic heterocycles. The molecule has 4 saturated carbocycles. The van der Waals surface area contributed by atoms with E-state index in [4.69, 9.17) is 4.74 Å². The van der Waals surface area contributed by atoms with Crippen LogP contribution in [0.2, 0.25) is 0 Å². The van der Waals surface area contributed by atoms with E-state index in [0.717, 1.165) is 0 Å². The summed E-state index contributed by atoms with van der Waals surface area (Å²) < 4.78 is 6.02. The summed E-state index contributed by atoms with van der Waals surface area (Å²) in [6, 6.07) is 0. The summed E-state index contributed by atoms with van der Waals surface area (Å²) >= 11 is 0. The third-order valence-electron chi connectivity index (χ3n) is 13.1. The van der Waals surface area contributed by atoms with Crippen molar-refractivity contribution in [2.24, 2.45) is 69.0 Å². The van der Waals surface area contributed by atoms with Crippen LogP contribution in [0.25, 0.3) is 0 Å². The summed E-state index contributed by atoms with van der Waals surface area (Å²) in [5, 5.41) is 34.0. The third kappa shape index (κ3) is 2.11. The van der Waals surface area contributed by atoms with Crippen molar-refractivity contribution in [3.05, 3.63) is 22.7 Å².